The molecule has 37 heavy (non-hydrogen) atoms. The molecule has 0 bridgehead atoms. The summed E-state index contributed by atoms with van der Waals surface area (Å²) in [7, 11) is 0. The van der Waals surface area contributed by atoms with Crippen LogP contribution in [0.15, 0.2) is 84.9 Å². The van der Waals surface area contributed by atoms with Gasteiger partial charge in [-0.2, -0.15) is 0 Å². The molecule has 4 heteroatoms. The average Bonchev–Trinajstić information content (AvgIpc) is 2.89. The molecule has 0 aliphatic carbocycles. The topological polar surface area (TPSA) is 70.5 Å². The molecule has 0 spiro atoms. The first-order valence-electron chi connectivity index (χ1n) is 13.1. The van der Waals surface area contributed by atoms with Crippen molar-refractivity contribution in [2.45, 2.75) is 58.8 Å². The van der Waals surface area contributed by atoms with Crippen LogP contribution in [0.25, 0.3) is 0 Å². The van der Waals surface area contributed by atoms with E-state index < -0.39 is 0 Å². The Hall–Kier alpha value is -3.92. The molecule has 0 amide bonds. The van der Waals surface area contributed by atoms with Gasteiger partial charge in [-0.1, -0.05) is 64.8 Å². The first kappa shape index (κ1) is 26.2. The molecule has 4 aromatic rings. The SMILES string of the molecule is CCCc1cc(C(C)(C)c2ccc(Oc3ccc(N)cc3)c(CCC)c2)ccc1Oc1ccc(N)cc1. The summed E-state index contributed by atoms with van der Waals surface area (Å²) in [5, 5.41) is 0. The highest BCUT2D eigenvalue weighted by Crippen LogP contribution is 2.38. The minimum atomic E-state index is -0.190. The van der Waals surface area contributed by atoms with Crippen molar-refractivity contribution in [3.63, 3.8) is 0 Å². The molecule has 4 aromatic carbocycles. The lowest BCUT2D eigenvalue weighted by Gasteiger charge is -2.28. The molecule has 192 valence electrons. The van der Waals surface area contributed by atoms with E-state index in [1.54, 1.807) is 0 Å². The van der Waals surface area contributed by atoms with Crippen molar-refractivity contribution in [2.24, 2.45) is 0 Å². The van der Waals surface area contributed by atoms with E-state index in [9.17, 15) is 0 Å². The number of ether oxygens (including phenoxy) is 2. The Bertz CT molecular complexity index is 1220. The van der Waals surface area contributed by atoms with Crippen molar-refractivity contribution in [1.29, 1.82) is 0 Å². The van der Waals surface area contributed by atoms with Crippen molar-refractivity contribution in [2.75, 3.05) is 11.5 Å². The van der Waals surface area contributed by atoms with E-state index in [-0.39, 0.29) is 5.41 Å². The first-order valence-corrected chi connectivity index (χ1v) is 13.1. The Morgan fingerprint density at radius 3 is 1.30 bits per heavy atom. The van der Waals surface area contributed by atoms with Gasteiger partial charge in [0.1, 0.15) is 23.0 Å². The molecule has 0 radical (unpaired) electrons. The molecule has 0 saturated heterocycles. The van der Waals surface area contributed by atoms with Gasteiger partial charge in [0.25, 0.3) is 0 Å². The molecule has 0 unspecified atom stereocenters. The monoisotopic (exact) mass is 494 g/mol. The summed E-state index contributed by atoms with van der Waals surface area (Å²) >= 11 is 0. The van der Waals surface area contributed by atoms with Crippen LogP contribution in [-0.2, 0) is 18.3 Å². The zero-order valence-electron chi connectivity index (χ0n) is 22.4. The van der Waals surface area contributed by atoms with E-state index in [2.05, 4.69) is 64.1 Å². The second-order valence-corrected chi connectivity index (χ2v) is 10.1. The fourth-order valence-electron chi connectivity index (χ4n) is 4.56. The van der Waals surface area contributed by atoms with Gasteiger partial charge in [-0.25, -0.2) is 0 Å². The lowest BCUT2D eigenvalue weighted by Crippen LogP contribution is -2.19. The maximum Gasteiger partial charge on any atom is 0.130 e. The summed E-state index contributed by atoms with van der Waals surface area (Å²) in [6.45, 7) is 8.96. The zero-order valence-corrected chi connectivity index (χ0v) is 22.4. The third-order valence-corrected chi connectivity index (χ3v) is 6.82. The van der Waals surface area contributed by atoms with Crippen LogP contribution < -0.4 is 20.9 Å². The van der Waals surface area contributed by atoms with Gasteiger partial charge < -0.3 is 20.9 Å². The first-order chi connectivity index (χ1) is 17.8. The van der Waals surface area contributed by atoms with Gasteiger partial charge in [0.15, 0.2) is 0 Å². The van der Waals surface area contributed by atoms with E-state index in [0.717, 1.165) is 60.1 Å². The fraction of sp³-hybridized carbons (Fsp3) is 0.273. The van der Waals surface area contributed by atoms with Gasteiger partial charge in [0, 0.05) is 16.8 Å². The predicted molar refractivity (Wildman–Crippen MR) is 155 cm³/mol. The second kappa shape index (κ2) is 11.4. The molecule has 4 nitrogen and oxygen atoms in total. The number of hydrogen-bond donors (Lipinski definition) is 2. The van der Waals surface area contributed by atoms with Crippen molar-refractivity contribution >= 4 is 11.4 Å². The zero-order chi connectivity index (χ0) is 26.4. The van der Waals surface area contributed by atoms with Crippen LogP contribution in [0.2, 0.25) is 0 Å². The predicted octanol–water partition coefficient (Wildman–Crippen LogP) is 8.67. The second-order valence-electron chi connectivity index (χ2n) is 10.1. The summed E-state index contributed by atoms with van der Waals surface area (Å²) in [6, 6.07) is 28.3. The summed E-state index contributed by atoms with van der Waals surface area (Å²) < 4.78 is 12.5. The molecular weight excluding hydrogens is 456 g/mol. The van der Waals surface area contributed by atoms with Gasteiger partial charge in [-0.15, -0.1) is 0 Å². The molecule has 0 fully saturated rings. The maximum absolute atomic E-state index is 6.24. The van der Waals surface area contributed by atoms with Crippen LogP contribution >= 0.6 is 0 Å². The standard InChI is InChI=1S/C33H38N2O2/c1-5-7-23-21-25(9-19-31(23)36-29-15-11-27(34)12-16-29)33(3,4)26-10-20-32(24(22-26)8-6-2)37-30-17-13-28(35)14-18-30/h9-22H,5-8,34-35H2,1-4H3. The third-order valence-electron chi connectivity index (χ3n) is 6.82. The van der Waals surface area contributed by atoms with Crippen molar-refractivity contribution in [3.05, 3.63) is 107 Å². The molecule has 0 atom stereocenters. The summed E-state index contributed by atoms with van der Waals surface area (Å²) in [5.41, 5.74) is 17.9. The van der Waals surface area contributed by atoms with Gasteiger partial charge in [-0.05, 0) is 95.8 Å². The number of aryl methyl sites for hydroxylation is 2. The van der Waals surface area contributed by atoms with Gasteiger partial charge in [0.05, 0.1) is 0 Å². The fourth-order valence-corrected chi connectivity index (χ4v) is 4.56. The Morgan fingerprint density at radius 2 is 0.946 bits per heavy atom. The highest BCUT2D eigenvalue weighted by atomic mass is 16.5. The number of benzene rings is 4. The number of anilines is 2. The molecule has 0 saturated carbocycles. The van der Waals surface area contributed by atoms with E-state index in [4.69, 9.17) is 20.9 Å². The smallest absolute Gasteiger partial charge is 0.130 e. The van der Waals surface area contributed by atoms with E-state index >= 15 is 0 Å². The van der Waals surface area contributed by atoms with Gasteiger partial charge in [0.2, 0.25) is 0 Å². The Balaban J connectivity index is 1.64. The van der Waals surface area contributed by atoms with Crippen molar-refractivity contribution < 1.29 is 9.47 Å². The van der Waals surface area contributed by atoms with E-state index in [1.807, 2.05) is 48.5 Å². The van der Waals surface area contributed by atoms with Gasteiger partial charge in [-0.3, -0.25) is 0 Å². The van der Waals surface area contributed by atoms with Crippen LogP contribution in [0.1, 0.15) is 62.8 Å². The lowest BCUT2D eigenvalue weighted by molar-refractivity contribution is 0.473. The molecule has 0 heterocycles. The molecule has 4 N–H and O–H groups in total. The summed E-state index contributed by atoms with van der Waals surface area (Å²) in [5.74, 6) is 3.37. The van der Waals surface area contributed by atoms with Gasteiger partial charge >= 0.3 is 0 Å². The van der Waals surface area contributed by atoms with Crippen LogP contribution in [0.3, 0.4) is 0 Å². The summed E-state index contributed by atoms with van der Waals surface area (Å²) in [6.07, 6.45) is 3.98. The normalized spacial score (nSPS) is 11.4. The van der Waals surface area contributed by atoms with Crippen LogP contribution in [0, 0.1) is 0 Å². The van der Waals surface area contributed by atoms with Crippen molar-refractivity contribution in [1.82, 2.24) is 0 Å². The molecule has 0 aliphatic heterocycles. The lowest BCUT2D eigenvalue weighted by atomic mass is 9.76. The Morgan fingerprint density at radius 1 is 0.568 bits per heavy atom. The quantitative estimate of drug-likeness (QED) is 0.216. The third kappa shape index (κ3) is 6.26. The van der Waals surface area contributed by atoms with E-state index in [0.29, 0.717) is 0 Å². The molecular formula is C33H38N2O2. The van der Waals surface area contributed by atoms with Crippen molar-refractivity contribution in [3.8, 4) is 23.0 Å². The minimum absolute atomic E-state index is 0.190. The Labute approximate surface area is 221 Å². The average molecular weight is 495 g/mol. The van der Waals surface area contributed by atoms with Crippen LogP contribution in [0.5, 0.6) is 23.0 Å². The van der Waals surface area contributed by atoms with Crippen LogP contribution in [0.4, 0.5) is 11.4 Å². The molecule has 0 aromatic heterocycles. The van der Waals surface area contributed by atoms with Crippen LogP contribution in [-0.4, -0.2) is 0 Å². The largest absolute Gasteiger partial charge is 0.457 e. The highest BCUT2D eigenvalue weighted by Gasteiger charge is 2.25. The number of nitrogens with two attached hydrogens (primary N) is 2. The van der Waals surface area contributed by atoms with E-state index in [1.165, 1.54) is 22.3 Å². The number of nitrogen functional groups attached to an aromatic ring is 2. The highest BCUT2D eigenvalue weighted by molar-refractivity contribution is 5.50. The number of hydrogen-bond acceptors (Lipinski definition) is 4. The number of rotatable bonds is 10. The molecule has 0 aliphatic rings. The Kier molecular flexibility index (Phi) is 8.08. The minimum Gasteiger partial charge on any atom is -0.457 e. The molecule has 4 rings (SSSR count). The maximum atomic E-state index is 6.24. The summed E-state index contributed by atoms with van der Waals surface area (Å²) in [4.78, 5) is 0.